The third kappa shape index (κ3) is 2.90. The van der Waals surface area contributed by atoms with Crippen LogP contribution in [0.1, 0.15) is 11.3 Å². The number of aryl methyl sites for hydroxylation is 1. The summed E-state index contributed by atoms with van der Waals surface area (Å²) in [7, 11) is 3.67. The minimum Gasteiger partial charge on any atom is -0.497 e. The molecule has 1 heterocycles. The zero-order valence-corrected chi connectivity index (χ0v) is 12.3. The summed E-state index contributed by atoms with van der Waals surface area (Å²) < 4.78 is 7.17. The molecule has 0 unspecified atom stereocenters. The highest BCUT2D eigenvalue weighted by molar-refractivity contribution is 5.81. The summed E-state index contributed by atoms with van der Waals surface area (Å²) in [5.74, 6) is 0.887. The molecule has 0 spiro atoms. The highest BCUT2D eigenvalue weighted by Crippen LogP contribution is 2.17. The highest BCUT2D eigenvalue weighted by Gasteiger charge is 2.07. The lowest BCUT2D eigenvalue weighted by Crippen LogP contribution is -2.13. The van der Waals surface area contributed by atoms with Crippen molar-refractivity contribution in [3.8, 4) is 5.75 Å². The molecule has 108 valence electrons. The Morgan fingerprint density at radius 3 is 2.81 bits per heavy atom. The molecule has 0 saturated heterocycles. The van der Waals surface area contributed by atoms with E-state index in [0.29, 0.717) is 0 Å². The van der Waals surface area contributed by atoms with E-state index in [1.807, 2.05) is 36.0 Å². The van der Waals surface area contributed by atoms with E-state index in [-0.39, 0.29) is 0 Å². The van der Waals surface area contributed by atoms with Crippen LogP contribution in [0.4, 0.5) is 0 Å². The summed E-state index contributed by atoms with van der Waals surface area (Å²) in [4.78, 5) is 0. The van der Waals surface area contributed by atoms with Gasteiger partial charge in [-0.1, -0.05) is 30.3 Å². The number of rotatable bonds is 5. The Hall–Kier alpha value is -2.33. The van der Waals surface area contributed by atoms with Crippen molar-refractivity contribution in [2.75, 3.05) is 7.11 Å². The van der Waals surface area contributed by atoms with Gasteiger partial charge in [0.15, 0.2) is 0 Å². The van der Waals surface area contributed by atoms with Gasteiger partial charge in [-0.2, -0.15) is 5.10 Å². The molecule has 0 amide bonds. The van der Waals surface area contributed by atoms with Crippen LogP contribution >= 0.6 is 0 Å². The molecular formula is C17H19N3O. The molecular weight excluding hydrogens is 262 g/mol. The first-order chi connectivity index (χ1) is 10.3. The SMILES string of the molecule is COc1cccc(CNCc2nn(C)c3ccccc23)c1. The molecule has 0 radical (unpaired) electrons. The number of benzene rings is 2. The van der Waals surface area contributed by atoms with Crippen LogP contribution < -0.4 is 10.1 Å². The Bertz CT molecular complexity index is 749. The maximum atomic E-state index is 5.24. The Labute approximate surface area is 124 Å². The van der Waals surface area contributed by atoms with Crippen LogP contribution in [0.3, 0.4) is 0 Å². The maximum Gasteiger partial charge on any atom is 0.119 e. The number of fused-ring (bicyclic) bond motifs is 1. The second-order valence-corrected chi connectivity index (χ2v) is 5.04. The smallest absolute Gasteiger partial charge is 0.119 e. The van der Waals surface area contributed by atoms with E-state index < -0.39 is 0 Å². The molecule has 0 saturated carbocycles. The largest absolute Gasteiger partial charge is 0.497 e. The second kappa shape index (κ2) is 5.97. The topological polar surface area (TPSA) is 39.1 Å². The van der Waals surface area contributed by atoms with E-state index in [2.05, 4.69) is 34.7 Å². The minimum absolute atomic E-state index is 0.749. The fourth-order valence-electron chi connectivity index (χ4n) is 2.53. The standard InChI is InChI=1S/C17H19N3O/c1-20-17-9-4-3-8-15(17)16(19-20)12-18-11-13-6-5-7-14(10-13)21-2/h3-10,18H,11-12H2,1-2H3. The first-order valence-electron chi connectivity index (χ1n) is 7.02. The lowest BCUT2D eigenvalue weighted by molar-refractivity contribution is 0.414. The number of ether oxygens (including phenoxy) is 1. The number of aromatic nitrogens is 2. The monoisotopic (exact) mass is 281 g/mol. The number of nitrogens with zero attached hydrogens (tertiary/aromatic N) is 2. The van der Waals surface area contributed by atoms with Gasteiger partial charge in [-0.25, -0.2) is 0 Å². The summed E-state index contributed by atoms with van der Waals surface area (Å²) in [6, 6.07) is 16.4. The van der Waals surface area contributed by atoms with Crippen LogP contribution in [-0.4, -0.2) is 16.9 Å². The van der Waals surface area contributed by atoms with E-state index in [1.54, 1.807) is 7.11 Å². The Morgan fingerprint density at radius 1 is 1.10 bits per heavy atom. The van der Waals surface area contributed by atoms with Gasteiger partial charge in [0.2, 0.25) is 0 Å². The third-order valence-electron chi connectivity index (χ3n) is 3.59. The van der Waals surface area contributed by atoms with E-state index >= 15 is 0 Å². The molecule has 0 bridgehead atoms. The first kappa shape index (κ1) is 13.6. The quantitative estimate of drug-likeness (QED) is 0.781. The zero-order chi connectivity index (χ0) is 14.7. The van der Waals surface area contributed by atoms with Gasteiger partial charge in [0.1, 0.15) is 5.75 Å². The molecule has 2 aromatic carbocycles. The van der Waals surface area contributed by atoms with Crippen LogP contribution in [0, 0.1) is 0 Å². The highest BCUT2D eigenvalue weighted by atomic mass is 16.5. The molecule has 4 nitrogen and oxygen atoms in total. The van der Waals surface area contributed by atoms with Gasteiger partial charge in [-0.15, -0.1) is 0 Å². The van der Waals surface area contributed by atoms with E-state index in [4.69, 9.17) is 4.74 Å². The number of hydrogen-bond donors (Lipinski definition) is 1. The fraction of sp³-hybridized carbons (Fsp3) is 0.235. The predicted octanol–water partition coefficient (Wildman–Crippen LogP) is 2.87. The van der Waals surface area contributed by atoms with E-state index in [9.17, 15) is 0 Å². The fourth-order valence-corrected chi connectivity index (χ4v) is 2.53. The van der Waals surface area contributed by atoms with Crippen molar-refractivity contribution in [3.63, 3.8) is 0 Å². The minimum atomic E-state index is 0.749. The normalized spacial score (nSPS) is 11.0. The van der Waals surface area contributed by atoms with Crippen LogP contribution in [0.5, 0.6) is 5.75 Å². The summed E-state index contributed by atoms with van der Waals surface area (Å²) in [6.07, 6.45) is 0. The van der Waals surface area contributed by atoms with E-state index in [0.717, 1.165) is 30.0 Å². The zero-order valence-electron chi connectivity index (χ0n) is 12.3. The molecule has 4 heteroatoms. The van der Waals surface area contributed by atoms with Gasteiger partial charge < -0.3 is 10.1 Å². The number of nitrogens with one attached hydrogen (secondary N) is 1. The van der Waals surface area contributed by atoms with Crippen LogP contribution in [-0.2, 0) is 20.1 Å². The molecule has 1 N–H and O–H groups in total. The summed E-state index contributed by atoms with van der Waals surface area (Å²) in [6.45, 7) is 1.54. The molecule has 0 fully saturated rings. The van der Waals surface area contributed by atoms with Gasteiger partial charge >= 0.3 is 0 Å². The predicted molar refractivity (Wildman–Crippen MR) is 84.3 cm³/mol. The van der Waals surface area contributed by atoms with Crippen molar-refractivity contribution in [1.29, 1.82) is 0 Å². The average Bonchev–Trinajstić information content (AvgIpc) is 2.85. The van der Waals surface area contributed by atoms with Gasteiger partial charge in [0, 0.05) is 25.5 Å². The number of hydrogen-bond acceptors (Lipinski definition) is 3. The molecule has 0 aliphatic heterocycles. The van der Waals surface area contributed by atoms with Crippen LogP contribution in [0.15, 0.2) is 48.5 Å². The van der Waals surface area contributed by atoms with Crippen molar-refractivity contribution >= 4 is 10.9 Å². The number of methoxy groups -OCH3 is 1. The molecule has 21 heavy (non-hydrogen) atoms. The second-order valence-electron chi connectivity index (χ2n) is 5.04. The molecule has 0 atom stereocenters. The summed E-state index contributed by atoms with van der Waals surface area (Å²) in [5.41, 5.74) is 3.45. The van der Waals surface area contributed by atoms with Gasteiger partial charge in [-0.3, -0.25) is 4.68 Å². The Kier molecular flexibility index (Phi) is 3.88. The molecule has 0 aliphatic rings. The summed E-state index contributed by atoms with van der Waals surface area (Å²) in [5, 5.41) is 9.23. The first-order valence-corrected chi connectivity index (χ1v) is 7.02. The van der Waals surface area contributed by atoms with Crippen molar-refractivity contribution in [1.82, 2.24) is 15.1 Å². The van der Waals surface area contributed by atoms with Gasteiger partial charge in [0.05, 0.1) is 18.3 Å². The van der Waals surface area contributed by atoms with Crippen molar-refractivity contribution in [2.24, 2.45) is 7.05 Å². The Morgan fingerprint density at radius 2 is 1.95 bits per heavy atom. The third-order valence-corrected chi connectivity index (χ3v) is 3.59. The van der Waals surface area contributed by atoms with Gasteiger partial charge in [-0.05, 0) is 23.8 Å². The molecule has 3 rings (SSSR count). The lowest BCUT2D eigenvalue weighted by Gasteiger charge is -2.05. The van der Waals surface area contributed by atoms with E-state index in [1.165, 1.54) is 10.9 Å². The van der Waals surface area contributed by atoms with Crippen LogP contribution in [0.2, 0.25) is 0 Å². The number of para-hydroxylation sites is 1. The molecule has 3 aromatic rings. The summed E-state index contributed by atoms with van der Waals surface area (Å²) >= 11 is 0. The lowest BCUT2D eigenvalue weighted by atomic mass is 10.2. The van der Waals surface area contributed by atoms with Crippen molar-refractivity contribution in [2.45, 2.75) is 13.1 Å². The molecule has 0 aliphatic carbocycles. The van der Waals surface area contributed by atoms with Gasteiger partial charge in [0.25, 0.3) is 0 Å². The van der Waals surface area contributed by atoms with Crippen LogP contribution in [0.25, 0.3) is 10.9 Å². The van der Waals surface area contributed by atoms with Crippen molar-refractivity contribution < 1.29 is 4.74 Å². The maximum absolute atomic E-state index is 5.24. The van der Waals surface area contributed by atoms with Crippen molar-refractivity contribution in [3.05, 3.63) is 59.8 Å². The Balaban J connectivity index is 1.69. The molecule has 1 aromatic heterocycles. The average molecular weight is 281 g/mol.